The van der Waals surface area contributed by atoms with E-state index in [1.165, 1.54) is 0 Å². The number of amides is 1. The summed E-state index contributed by atoms with van der Waals surface area (Å²) in [5, 5.41) is 6.31. The molecule has 3 aliphatic rings. The Balaban J connectivity index is 1.59. The molecule has 1 atom stereocenters. The molecule has 2 aliphatic heterocycles. The van der Waals surface area contributed by atoms with Gasteiger partial charge in [0.2, 0.25) is 6.79 Å². The summed E-state index contributed by atoms with van der Waals surface area (Å²) in [5.41, 5.74) is 4.18. The van der Waals surface area contributed by atoms with Crippen molar-refractivity contribution in [2.45, 2.75) is 32.1 Å². The third kappa shape index (κ3) is 3.39. The van der Waals surface area contributed by atoms with Crippen molar-refractivity contribution >= 4 is 17.4 Å². The maximum absolute atomic E-state index is 13.6. The molecule has 7 nitrogen and oxygen atoms in total. The van der Waals surface area contributed by atoms with E-state index in [2.05, 4.69) is 10.6 Å². The van der Waals surface area contributed by atoms with E-state index in [4.69, 9.17) is 14.2 Å². The SMILES string of the molecule is COc1ccccc1NC(=O)C1=C(C)NC2=C(C(=O)CCC2)[C@H]1c1ccc2c(c1)OCO2. The zero-order valence-electron chi connectivity index (χ0n) is 18.0. The number of hydrogen-bond acceptors (Lipinski definition) is 6. The number of hydrogen-bond donors (Lipinski definition) is 2. The molecule has 164 valence electrons. The van der Waals surface area contributed by atoms with Gasteiger partial charge in [0, 0.05) is 34.9 Å². The number of rotatable bonds is 4. The van der Waals surface area contributed by atoms with Crippen LogP contribution < -0.4 is 24.8 Å². The van der Waals surface area contributed by atoms with Gasteiger partial charge in [0.15, 0.2) is 17.3 Å². The fourth-order valence-corrected chi connectivity index (χ4v) is 4.65. The number of Topliss-reactive ketones (excluding diaryl/α,β-unsaturated/α-hetero) is 1. The molecule has 0 radical (unpaired) electrons. The zero-order valence-corrected chi connectivity index (χ0v) is 18.0. The number of para-hydroxylation sites is 2. The van der Waals surface area contributed by atoms with E-state index in [9.17, 15) is 9.59 Å². The highest BCUT2D eigenvalue weighted by atomic mass is 16.7. The van der Waals surface area contributed by atoms with Crippen molar-refractivity contribution in [1.82, 2.24) is 5.32 Å². The Labute approximate surface area is 186 Å². The normalized spacial score (nSPS) is 19.4. The van der Waals surface area contributed by atoms with E-state index in [0.29, 0.717) is 40.5 Å². The number of methoxy groups -OCH3 is 1. The number of nitrogens with one attached hydrogen (secondary N) is 2. The van der Waals surface area contributed by atoms with Gasteiger partial charge in [-0.2, -0.15) is 0 Å². The molecule has 5 rings (SSSR count). The van der Waals surface area contributed by atoms with E-state index in [-0.39, 0.29) is 18.5 Å². The lowest BCUT2D eigenvalue weighted by Crippen LogP contribution is -2.35. The standard InChI is InChI=1S/C25H24N2O5/c1-14-22(25(29)27-16-6-3-4-9-19(16)30-2)23(24-17(26-14)7-5-8-18(24)28)15-10-11-20-21(12-15)32-13-31-20/h3-4,6,9-12,23,26H,5,7-8,13H2,1-2H3,(H,27,29)/t23-/m0/s1. The Morgan fingerprint density at radius 3 is 2.78 bits per heavy atom. The molecule has 32 heavy (non-hydrogen) atoms. The molecule has 0 spiro atoms. The number of ether oxygens (including phenoxy) is 3. The Bertz CT molecular complexity index is 1180. The number of anilines is 1. The lowest BCUT2D eigenvalue weighted by molar-refractivity contribution is -0.116. The van der Waals surface area contributed by atoms with Crippen molar-refractivity contribution in [3.63, 3.8) is 0 Å². The summed E-state index contributed by atoms with van der Waals surface area (Å²) in [4.78, 5) is 26.6. The number of dihydropyridines is 1. The molecule has 1 aliphatic carbocycles. The first-order valence-corrected chi connectivity index (χ1v) is 10.6. The summed E-state index contributed by atoms with van der Waals surface area (Å²) >= 11 is 0. The molecule has 2 N–H and O–H groups in total. The van der Waals surface area contributed by atoms with E-state index in [0.717, 1.165) is 29.8 Å². The lowest BCUT2D eigenvalue weighted by atomic mass is 9.75. The average Bonchev–Trinajstić information content (AvgIpc) is 3.26. The topological polar surface area (TPSA) is 85.9 Å². The summed E-state index contributed by atoms with van der Waals surface area (Å²) < 4.78 is 16.4. The molecule has 0 saturated heterocycles. The van der Waals surface area contributed by atoms with Crippen molar-refractivity contribution in [3.8, 4) is 17.2 Å². The van der Waals surface area contributed by atoms with Crippen LogP contribution in [0.3, 0.4) is 0 Å². The van der Waals surface area contributed by atoms with Gasteiger partial charge < -0.3 is 24.8 Å². The molecule has 0 bridgehead atoms. The molecule has 2 aromatic carbocycles. The van der Waals surface area contributed by atoms with Gasteiger partial charge in [-0.05, 0) is 49.6 Å². The Morgan fingerprint density at radius 2 is 1.94 bits per heavy atom. The maximum atomic E-state index is 13.6. The van der Waals surface area contributed by atoms with Gasteiger partial charge >= 0.3 is 0 Å². The van der Waals surface area contributed by atoms with Crippen molar-refractivity contribution < 1.29 is 23.8 Å². The van der Waals surface area contributed by atoms with Gasteiger partial charge in [-0.25, -0.2) is 0 Å². The van der Waals surface area contributed by atoms with Gasteiger partial charge in [0.05, 0.1) is 12.8 Å². The van der Waals surface area contributed by atoms with Gasteiger partial charge in [0.25, 0.3) is 5.91 Å². The molecule has 2 aromatic rings. The van der Waals surface area contributed by atoms with Gasteiger partial charge in [0.1, 0.15) is 5.75 Å². The van der Waals surface area contributed by atoms with Crippen molar-refractivity contribution in [3.05, 3.63) is 70.6 Å². The summed E-state index contributed by atoms with van der Waals surface area (Å²) in [6, 6.07) is 12.9. The molecule has 0 unspecified atom stereocenters. The number of benzene rings is 2. The molecular weight excluding hydrogens is 408 g/mol. The monoisotopic (exact) mass is 432 g/mol. The highest BCUT2D eigenvalue weighted by Gasteiger charge is 2.39. The fourth-order valence-electron chi connectivity index (χ4n) is 4.65. The molecule has 0 aromatic heterocycles. The summed E-state index contributed by atoms with van der Waals surface area (Å²) in [6.07, 6.45) is 2.05. The number of allylic oxidation sites excluding steroid dienone is 3. The third-order valence-corrected chi connectivity index (χ3v) is 6.11. The molecule has 2 heterocycles. The average molecular weight is 432 g/mol. The van der Waals surface area contributed by atoms with E-state index in [1.54, 1.807) is 19.2 Å². The zero-order chi connectivity index (χ0) is 22.2. The van der Waals surface area contributed by atoms with Crippen LogP contribution in [-0.2, 0) is 9.59 Å². The van der Waals surface area contributed by atoms with Crippen LogP contribution in [0.4, 0.5) is 5.69 Å². The second-order valence-electron chi connectivity index (χ2n) is 8.03. The minimum absolute atomic E-state index is 0.0662. The van der Waals surface area contributed by atoms with Crippen molar-refractivity contribution in [2.75, 3.05) is 19.2 Å². The smallest absolute Gasteiger partial charge is 0.254 e. The first-order chi connectivity index (χ1) is 15.6. The van der Waals surface area contributed by atoms with Crippen LogP contribution in [0.2, 0.25) is 0 Å². The minimum Gasteiger partial charge on any atom is -0.495 e. The number of carbonyl (C=O) groups is 2. The van der Waals surface area contributed by atoms with Crippen molar-refractivity contribution in [2.24, 2.45) is 0 Å². The van der Waals surface area contributed by atoms with Crippen LogP contribution >= 0.6 is 0 Å². The van der Waals surface area contributed by atoms with Crippen LogP contribution in [0, 0.1) is 0 Å². The van der Waals surface area contributed by atoms with Gasteiger partial charge in [-0.15, -0.1) is 0 Å². The lowest BCUT2D eigenvalue weighted by Gasteiger charge is -2.34. The number of ketones is 1. The third-order valence-electron chi connectivity index (χ3n) is 6.11. The minimum atomic E-state index is -0.497. The summed E-state index contributed by atoms with van der Waals surface area (Å²) in [6.45, 7) is 2.04. The predicted octanol–water partition coefficient (Wildman–Crippen LogP) is 4.03. The molecular formula is C25H24N2O5. The van der Waals surface area contributed by atoms with Gasteiger partial charge in [-0.3, -0.25) is 9.59 Å². The highest BCUT2D eigenvalue weighted by molar-refractivity contribution is 6.10. The second-order valence-corrected chi connectivity index (χ2v) is 8.03. The fraction of sp³-hybridized carbons (Fsp3) is 0.280. The van der Waals surface area contributed by atoms with Crippen LogP contribution in [0.1, 0.15) is 37.7 Å². The largest absolute Gasteiger partial charge is 0.495 e. The van der Waals surface area contributed by atoms with Gasteiger partial charge in [-0.1, -0.05) is 18.2 Å². The summed E-state index contributed by atoms with van der Waals surface area (Å²) in [5.74, 6) is 1.13. The first kappa shape index (κ1) is 20.2. The van der Waals surface area contributed by atoms with Crippen LogP contribution in [-0.4, -0.2) is 25.6 Å². The first-order valence-electron chi connectivity index (χ1n) is 10.6. The van der Waals surface area contributed by atoms with Crippen LogP contribution in [0.15, 0.2) is 65.0 Å². The molecule has 0 saturated carbocycles. The molecule has 1 amide bonds. The Hall–Kier alpha value is -3.74. The number of fused-ring (bicyclic) bond motifs is 1. The van der Waals surface area contributed by atoms with E-state index < -0.39 is 5.92 Å². The highest BCUT2D eigenvalue weighted by Crippen LogP contribution is 2.45. The quantitative estimate of drug-likeness (QED) is 0.759. The Kier molecular flexibility index (Phi) is 5.09. The maximum Gasteiger partial charge on any atom is 0.254 e. The van der Waals surface area contributed by atoms with Crippen LogP contribution in [0.25, 0.3) is 0 Å². The number of carbonyl (C=O) groups excluding carboxylic acids is 2. The van der Waals surface area contributed by atoms with Crippen LogP contribution in [0.5, 0.6) is 17.2 Å². The van der Waals surface area contributed by atoms with E-state index in [1.807, 2.05) is 37.3 Å². The molecule has 0 fully saturated rings. The van der Waals surface area contributed by atoms with E-state index >= 15 is 0 Å². The summed E-state index contributed by atoms with van der Waals surface area (Å²) in [7, 11) is 1.56. The van der Waals surface area contributed by atoms with Crippen molar-refractivity contribution in [1.29, 1.82) is 0 Å². The Morgan fingerprint density at radius 1 is 1.12 bits per heavy atom. The predicted molar refractivity (Wildman–Crippen MR) is 119 cm³/mol. The second kappa shape index (κ2) is 8.07. The molecule has 7 heteroatoms.